The van der Waals surface area contributed by atoms with Gasteiger partial charge in [-0.1, -0.05) is 48.5 Å². The monoisotopic (exact) mass is 582 g/mol. The van der Waals surface area contributed by atoms with E-state index in [9.17, 15) is 0 Å². The van der Waals surface area contributed by atoms with E-state index in [0.29, 0.717) is 0 Å². The maximum absolute atomic E-state index is 5.81. The molecule has 0 saturated carbocycles. The van der Waals surface area contributed by atoms with Crippen molar-refractivity contribution in [2.24, 2.45) is 9.98 Å². The van der Waals surface area contributed by atoms with Crippen LogP contribution in [0.1, 0.15) is 11.4 Å². The molecule has 0 unspecified atom stereocenters. The fourth-order valence-corrected chi connectivity index (χ4v) is 3.27. The molecule has 0 atom stereocenters. The van der Waals surface area contributed by atoms with Crippen LogP contribution in [-0.2, 0) is 13.1 Å². The Balaban J connectivity index is 0.00000107. The molecule has 0 bridgehead atoms. The molecule has 1 heterocycles. The van der Waals surface area contributed by atoms with Crippen LogP contribution in [0, 0.1) is 0 Å². The molecule has 191 valence electrons. The molecule has 0 spiro atoms. The van der Waals surface area contributed by atoms with Crippen LogP contribution in [-0.4, -0.2) is 12.4 Å². The first-order valence-corrected chi connectivity index (χ1v) is 14.5. The number of para-hydroxylation sites is 2. The SMILES string of the molecule is C(=Nc1ccc(Oc2ccccc2)cc1)c1ccc(C=Nc2ccc(Oc3ccccc3)cc2)[n-]1.[Cl][Fe+][Cl]. The van der Waals surface area contributed by atoms with Crippen LogP contribution in [0.25, 0.3) is 0 Å². The molecule has 0 aliphatic rings. The van der Waals surface area contributed by atoms with Crippen LogP contribution >= 0.6 is 20.2 Å². The van der Waals surface area contributed by atoms with Gasteiger partial charge in [-0.2, -0.15) is 0 Å². The fraction of sp³-hybridized carbons (Fsp3) is 0. The zero-order valence-corrected chi connectivity index (χ0v) is 22.6. The van der Waals surface area contributed by atoms with E-state index in [-0.39, 0.29) is 13.1 Å². The van der Waals surface area contributed by atoms with Gasteiger partial charge in [0.15, 0.2) is 0 Å². The molecular formula is C30H22Cl2FeN3O2. The Hall–Kier alpha value is -3.80. The standard InChI is InChI=1S/C30H22N3O2.2ClH.Fe/c1-3-7-27(8-4-1)34-29-17-13-23(14-18-29)31-21-25-11-12-26(33-25)22-32-24-15-19-30(20-16-24)35-28-9-5-2-6-10-28;;;/h1-22H;2*1H;/q-1;;;+3/p-2. The van der Waals surface area contributed by atoms with Crippen molar-refractivity contribution in [1.29, 1.82) is 0 Å². The second-order valence-electron chi connectivity index (χ2n) is 7.68. The van der Waals surface area contributed by atoms with Gasteiger partial charge in [-0.3, -0.25) is 9.98 Å². The molecule has 0 saturated heterocycles. The molecule has 38 heavy (non-hydrogen) atoms. The molecule has 1 aromatic heterocycles. The molecule has 0 radical (unpaired) electrons. The predicted molar refractivity (Wildman–Crippen MR) is 152 cm³/mol. The Bertz CT molecular complexity index is 1330. The molecule has 5 aromatic rings. The quantitative estimate of drug-likeness (QED) is 0.135. The zero-order chi connectivity index (χ0) is 26.4. The minimum absolute atomic E-state index is 0.194. The first-order valence-electron chi connectivity index (χ1n) is 11.4. The number of aromatic nitrogens is 1. The first kappa shape index (κ1) is 27.2. The topological polar surface area (TPSA) is 57.3 Å². The molecule has 0 amide bonds. The van der Waals surface area contributed by atoms with Gasteiger partial charge >= 0.3 is 33.3 Å². The van der Waals surface area contributed by atoms with Gasteiger partial charge in [0.2, 0.25) is 0 Å². The van der Waals surface area contributed by atoms with Gasteiger partial charge in [-0.15, -0.1) is 11.4 Å². The van der Waals surface area contributed by atoms with E-state index < -0.39 is 0 Å². The van der Waals surface area contributed by atoms with E-state index >= 15 is 0 Å². The molecule has 0 N–H and O–H groups in total. The van der Waals surface area contributed by atoms with Gasteiger partial charge in [0.25, 0.3) is 0 Å². The van der Waals surface area contributed by atoms with Gasteiger partial charge < -0.3 is 14.5 Å². The van der Waals surface area contributed by atoms with Gasteiger partial charge in [-0.05, 0) is 72.8 Å². The van der Waals surface area contributed by atoms with Crippen molar-refractivity contribution in [2.75, 3.05) is 0 Å². The number of ether oxygens (including phenoxy) is 2. The van der Waals surface area contributed by atoms with Crippen LogP contribution in [0.3, 0.4) is 0 Å². The maximum atomic E-state index is 5.81. The van der Waals surface area contributed by atoms with E-state index in [0.717, 1.165) is 45.8 Å². The third-order valence-corrected chi connectivity index (χ3v) is 5.01. The fourth-order valence-electron chi connectivity index (χ4n) is 3.27. The van der Waals surface area contributed by atoms with Crippen molar-refractivity contribution in [1.82, 2.24) is 4.98 Å². The van der Waals surface area contributed by atoms with Crippen molar-refractivity contribution in [2.45, 2.75) is 0 Å². The summed E-state index contributed by atoms with van der Waals surface area (Å²) in [5.74, 6) is 3.13. The number of aliphatic imine (C=N–C) groups is 2. The average molecular weight is 583 g/mol. The zero-order valence-electron chi connectivity index (χ0n) is 20.0. The molecule has 5 nitrogen and oxygen atoms in total. The molecule has 8 heteroatoms. The van der Waals surface area contributed by atoms with E-state index in [4.69, 9.17) is 29.7 Å². The van der Waals surface area contributed by atoms with Crippen molar-refractivity contribution >= 4 is 44.0 Å². The summed E-state index contributed by atoms with van der Waals surface area (Å²) in [6.45, 7) is 0. The van der Waals surface area contributed by atoms with Crippen LogP contribution in [0.5, 0.6) is 23.0 Å². The normalized spacial score (nSPS) is 10.8. The molecule has 0 fully saturated rings. The van der Waals surface area contributed by atoms with Gasteiger partial charge in [0, 0.05) is 12.4 Å². The summed E-state index contributed by atoms with van der Waals surface area (Å²) in [6, 6.07) is 38.4. The van der Waals surface area contributed by atoms with E-state index in [1.54, 1.807) is 12.4 Å². The summed E-state index contributed by atoms with van der Waals surface area (Å²) < 4.78 is 11.6. The number of benzene rings is 4. The van der Waals surface area contributed by atoms with Crippen molar-refractivity contribution in [3.63, 3.8) is 0 Å². The summed E-state index contributed by atoms with van der Waals surface area (Å²) in [4.78, 5) is 13.5. The van der Waals surface area contributed by atoms with Crippen LogP contribution in [0.4, 0.5) is 11.4 Å². The summed E-state index contributed by atoms with van der Waals surface area (Å²) in [7, 11) is 9.53. The first-order chi connectivity index (χ1) is 18.7. The van der Waals surface area contributed by atoms with E-state index in [2.05, 4.69) is 15.0 Å². The van der Waals surface area contributed by atoms with Crippen molar-refractivity contribution in [3.05, 3.63) is 133 Å². The Labute approximate surface area is 236 Å². The molecule has 0 aliphatic heterocycles. The summed E-state index contributed by atoms with van der Waals surface area (Å²) >= 11 is 0.194. The van der Waals surface area contributed by atoms with Crippen molar-refractivity contribution < 1.29 is 22.6 Å². The number of hydrogen-bond acceptors (Lipinski definition) is 4. The van der Waals surface area contributed by atoms with Crippen LogP contribution in [0.15, 0.2) is 131 Å². The number of halogens is 2. The average Bonchev–Trinajstić information content (AvgIpc) is 3.42. The summed E-state index contributed by atoms with van der Waals surface area (Å²) in [5.41, 5.74) is 3.17. The third kappa shape index (κ3) is 8.94. The number of rotatable bonds is 8. The Morgan fingerprint density at radius 3 is 1.21 bits per heavy atom. The Morgan fingerprint density at radius 2 is 0.842 bits per heavy atom. The van der Waals surface area contributed by atoms with Crippen LogP contribution in [0.2, 0.25) is 0 Å². The Kier molecular flexibility index (Phi) is 10.6. The predicted octanol–water partition coefficient (Wildman–Crippen LogP) is 9.11. The molecule has 5 rings (SSSR count). The third-order valence-electron chi connectivity index (χ3n) is 5.01. The van der Waals surface area contributed by atoms with Gasteiger partial charge in [0.1, 0.15) is 23.0 Å². The van der Waals surface area contributed by atoms with Gasteiger partial charge in [-0.25, -0.2) is 0 Å². The van der Waals surface area contributed by atoms with Crippen LogP contribution < -0.4 is 14.5 Å². The Morgan fingerprint density at radius 1 is 0.500 bits per heavy atom. The number of nitrogens with zero attached hydrogens (tertiary/aromatic N) is 3. The second-order valence-corrected chi connectivity index (χ2v) is 9.50. The van der Waals surface area contributed by atoms with Crippen molar-refractivity contribution in [3.8, 4) is 23.0 Å². The number of hydrogen-bond donors (Lipinski definition) is 0. The van der Waals surface area contributed by atoms with E-state index in [1.807, 2.05) is 121 Å². The second kappa shape index (κ2) is 14.8. The molecule has 4 aromatic carbocycles. The molecular weight excluding hydrogens is 561 g/mol. The molecule has 0 aliphatic carbocycles. The minimum atomic E-state index is 0.194. The van der Waals surface area contributed by atoms with E-state index in [1.165, 1.54) is 0 Å². The van der Waals surface area contributed by atoms with Gasteiger partial charge in [0.05, 0.1) is 11.4 Å². The summed E-state index contributed by atoms with van der Waals surface area (Å²) in [5, 5.41) is 0. The summed E-state index contributed by atoms with van der Waals surface area (Å²) in [6.07, 6.45) is 3.47.